The molecule has 0 amide bonds. The molecule has 0 saturated carbocycles. The minimum Gasteiger partial charge on any atom is -0.253 e. The number of hydrogen-bond donors (Lipinski definition) is 0. The molecule has 18 heavy (non-hydrogen) atoms. The summed E-state index contributed by atoms with van der Waals surface area (Å²) < 4.78 is 0. The second-order valence-electron chi connectivity index (χ2n) is 5.24. The van der Waals surface area contributed by atoms with Crippen molar-refractivity contribution >= 4 is 0 Å². The Hall–Kier alpha value is -1.63. The summed E-state index contributed by atoms with van der Waals surface area (Å²) in [6, 6.07) is 6.57. The van der Waals surface area contributed by atoms with Gasteiger partial charge >= 0.3 is 0 Å². The molecule has 1 nitrogen and oxygen atoms in total. The Balaban J connectivity index is 2.75. The van der Waals surface area contributed by atoms with Crippen molar-refractivity contribution in [1.82, 2.24) is 4.98 Å². The van der Waals surface area contributed by atoms with Crippen LogP contribution in [0.15, 0.2) is 18.2 Å². The van der Waals surface area contributed by atoms with Crippen LogP contribution in [0.4, 0.5) is 0 Å². The maximum Gasteiger partial charge on any atom is 0.0739 e. The van der Waals surface area contributed by atoms with Gasteiger partial charge in [0.05, 0.1) is 5.69 Å². The SMILES string of the molecule is Cc1ccc(C)c(-c2nc(C)c(C)c(C)c2C)c1. The molecule has 1 heterocycles. The van der Waals surface area contributed by atoms with E-state index in [1.807, 2.05) is 0 Å². The first-order valence-corrected chi connectivity index (χ1v) is 6.44. The molecule has 1 aromatic carbocycles. The number of pyridine rings is 1. The average molecular weight is 239 g/mol. The van der Waals surface area contributed by atoms with Crippen LogP contribution >= 0.6 is 0 Å². The van der Waals surface area contributed by atoms with Crippen LogP contribution in [0.3, 0.4) is 0 Å². The fourth-order valence-corrected chi connectivity index (χ4v) is 2.32. The minimum absolute atomic E-state index is 1.13. The quantitative estimate of drug-likeness (QED) is 0.708. The van der Waals surface area contributed by atoms with Gasteiger partial charge in [-0.3, -0.25) is 4.98 Å². The molecule has 0 saturated heterocycles. The Bertz CT molecular complexity index is 609. The van der Waals surface area contributed by atoms with Crippen LogP contribution in [0, 0.1) is 41.5 Å². The molecule has 0 aliphatic heterocycles. The van der Waals surface area contributed by atoms with E-state index >= 15 is 0 Å². The predicted molar refractivity (Wildman–Crippen MR) is 78.1 cm³/mol. The zero-order valence-electron chi connectivity index (χ0n) is 12.2. The normalized spacial score (nSPS) is 10.8. The lowest BCUT2D eigenvalue weighted by atomic mass is 9.95. The number of benzene rings is 1. The zero-order chi connectivity index (χ0) is 13.4. The molecule has 0 aliphatic rings. The first-order valence-electron chi connectivity index (χ1n) is 6.44. The third-order valence-electron chi connectivity index (χ3n) is 3.95. The summed E-state index contributed by atoms with van der Waals surface area (Å²) in [5.74, 6) is 0. The number of hydrogen-bond acceptors (Lipinski definition) is 1. The second kappa shape index (κ2) is 4.56. The highest BCUT2D eigenvalue weighted by molar-refractivity contribution is 5.69. The van der Waals surface area contributed by atoms with Gasteiger partial charge in [-0.25, -0.2) is 0 Å². The van der Waals surface area contributed by atoms with E-state index in [-0.39, 0.29) is 0 Å². The van der Waals surface area contributed by atoms with Crippen molar-refractivity contribution in [1.29, 1.82) is 0 Å². The van der Waals surface area contributed by atoms with Gasteiger partial charge in [0.2, 0.25) is 0 Å². The summed E-state index contributed by atoms with van der Waals surface area (Å²) in [5, 5.41) is 0. The molecular weight excluding hydrogens is 218 g/mol. The van der Waals surface area contributed by atoms with Gasteiger partial charge in [0.1, 0.15) is 0 Å². The smallest absolute Gasteiger partial charge is 0.0739 e. The largest absolute Gasteiger partial charge is 0.253 e. The Kier molecular flexibility index (Phi) is 3.25. The van der Waals surface area contributed by atoms with Gasteiger partial charge in [-0.1, -0.05) is 17.7 Å². The van der Waals surface area contributed by atoms with E-state index in [9.17, 15) is 0 Å². The lowest BCUT2D eigenvalue weighted by molar-refractivity contribution is 1.09. The monoisotopic (exact) mass is 239 g/mol. The van der Waals surface area contributed by atoms with E-state index in [1.54, 1.807) is 0 Å². The first-order chi connectivity index (χ1) is 8.41. The molecular formula is C17H21N. The van der Waals surface area contributed by atoms with Gasteiger partial charge in [-0.15, -0.1) is 0 Å². The highest BCUT2D eigenvalue weighted by Crippen LogP contribution is 2.29. The second-order valence-corrected chi connectivity index (χ2v) is 5.24. The van der Waals surface area contributed by atoms with Crippen LogP contribution in [0.1, 0.15) is 33.5 Å². The maximum absolute atomic E-state index is 4.81. The van der Waals surface area contributed by atoms with Crippen LogP contribution in [0.25, 0.3) is 11.3 Å². The van der Waals surface area contributed by atoms with E-state index in [2.05, 4.69) is 59.7 Å². The molecule has 1 aromatic heterocycles. The van der Waals surface area contributed by atoms with Gasteiger partial charge < -0.3 is 0 Å². The van der Waals surface area contributed by atoms with Crippen molar-refractivity contribution in [2.45, 2.75) is 41.5 Å². The molecule has 2 aromatic rings. The van der Waals surface area contributed by atoms with E-state index in [0.29, 0.717) is 0 Å². The fourth-order valence-electron chi connectivity index (χ4n) is 2.32. The molecule has 0 fully saturated rings. The van der Waals surface area contributed by atoms with Crippen molar-refractivity contribution in [2.75, 3.05) is 0 Å². The first kappa shape index (κ1) is 12.8. The van der Waals surface area contributed by atoms with Gasteiger partial charge in [-0.05, 0) is 69.9 Å². The molecule has 0 N–H and O–H groups in total. The Labute approximate surface area is 110 Å². The predicted octanol–water partition coefficient (Wildman–Crippen LogP) is 4.60. The fraction of sp³-hybridized carbons (Fsp3) is 0.353. The number of nitrogens with zero attached hydrogens (tertiary/aromatic N) is 1. The van der Waals surface area contributed by atoms with Gasteiger partial charge in [0.15, 0.2) is 0 Å². The van der Waals surface area contributed by atoms with E-state index in [1.165, 1.54) is 33.4 Å². The third-order valence-corrected chi connectivity index (χ3v) is 3.95. The Morgan fingerprint density at radius 3 is 2.11 bits per heavy atom. The summed E-state index contributed by atoms with van der Waals surface area (Å²) in [6.07, 6.45) is 0. The molecule has 94 valence electrons. The summed E-state index contributed by atoms with van der Waals surface area (Å²) in [5.41, 5.74) is 10.1. The minimum atomic E-state index is 1.13. The number of aryl methyl sites for hydroxylation is 3. The Morgan fingerprint density at radius 1 is 0.778 bits per heavy atom. The van der Waals surface area contributed by atoms with Crippen molar-refractivity contribution in [3.05, 3.63) is 51.7 Å². The highest BCUT2D eigenvalue weighted by Gasteiger charge is 2.12. The summed E-state index contributed by atoms with van der Waals surface area (Å²) in [4.78, 5) is 4.81. The number of rotatable bonds is 1. The number of aromatic nitrogens is 1. The van der Waals surface area contributed by atoms with E-state index in [4.69, 9.17) is 4.98 Å². The molecule has 0 bridgehead atoms. The molecule has 0 unspecified atom stereocenters. The molecule has 0 radical (unpaired) electrons. The van der Waals surface area contributed by atoms with Crippen LogP contribution in [0.2, 0.25) is 0 Å². The van der Waals surface area contributed by atoms with Crippen molar-refractivity contribution < 1.29 is 0 Å². The van der Waals surface area contributed by atoms with Gasteiger partial charge in [0.25, 0.3) is 0 Å². The van der Waals surface area contributed by atoms with Crippen molar-refractivity contribution in [3.63, 3.8) is 0 Å². The highest BCUT2D eigenvalue weighted by atomic mass is 14.7. The Morgan fingerprint density at radius 2 is 1.44 bits per heavy atom. The topological polar surface area (TPSA) is 12.9 Å². The standard InChI is InChI=1S/C17H21N/c1-10-7-8-11(2)16(9-10)17-14(5)12(3)13(4)15(6)18-17/h7-9H,1-6H3. The summed E-state index contributed by atoms with van der Waals surface area (Å²) in [7, 11) is 0. The van der Waals surface area contributed by atoms with Crippen molar-refractivity contribution in [2.24, 2.45) is 0 Å². The molecule has 1 heteroatoms. The van der Waals surface area contributed by atoms with Crippen LogP contribution in [-0.4, -0.2) is 4.98 Å². The molecule has 0 aliphatic carbocycles. The maximum atomic E-state index is 4.81. The summed E-state index contributed by atoms with van der Waals surface area (Å²) >= 11 is 0. The van der Waals surface area contributed by atoms with Gasteiger partial charge in [-0.2, -0.15) is 0 Å². The lowest BCUT2D eigenvalue weighted by Gasteiger charge is -2.15. The molecule has 0 spiro atoms. The molecule has 0 atom stereocenters. The molecule has 2 rings (SSSR count). The van der Waals surface area contributed by atoms with Crippen LogP contribution in [0.5, 0.6) is 0 Å². The lowest BCUT2D eigenvalue weighted by Crippen LogP contribution is -2.00. The third kappa shape index (κ3) is 2.05. The van der Waals surface area contributed by atoms with E-state index < -0.39 is 0 Å². The van der Waals surface area contributed by atoms with Crippen LogP contribution < -0.4 is 0 Å². The zero-order valence-corrected chi connectivity index (χ0v) is 12.2. The van der Waals surface area contributed by atoms with Crippen LogP contribution in [-0.2, 0) is 0 Å². The van der Waals surface area contributed by atoms with Gasteiger partial charge in [0, 0.05) is 11.3 Å². The summed E-state index contributed by atoms with van der Waals surface area (Å²) in [6.45, 7) is 12.9. The average Bonchev–Trinajstić information content (AvgIpc) is 2.34. The van der Waals surface area contributed by atoms with E-state index in [0.717, 1.165) is 11.4 Å². The van der Waals surface area contributed by atoms with Crippen molar-refractivity contribution in [3.8, 4) is 11.3 Å².